The van der Waals surface area contributed by atoms with Crippen molar-refractivity contribution in [3.63, 3.8) is 0 Å². The molecule has 0 aliphatic carbocycles. The molecule has 2 aromatic rings. The van der Waals surface area contributed by atoms with E-state index in [-0.39, 0.29) is 29.1 Å². The van der Waals surface area contributed by atoms with Gasteiger partial charge in [-0.1, -0.05) is 41.6 Å². The summed E-state index contributed by atoms with van der Waals surface area (Å²) in [7, 11) is 1.46. The van der Waals surface area contributed by atoms with Gasteiger partial charge >= 0.3 is 6.18 Å². The first-order valence-electron chi connectivity index (χ1n) is 8.39. The third kappa shape index (κ3) is 5.10. The second-order valence-corrected chi connectivity index (χ2v) is 7.75. The standard InChI is InChI=1S/C19H15ClF3N3O2S/c1-26-16(27)10-15(17(28)24-11-5-3-2-4-6-11)29-18(26)25-12-7-8-14(20)13(9-12)19(21,22)23/h2-9,15H,10H2,1H3,(H,24,28)/t15-/m0/s1. The fourth-order valence-corrected chi connectivity index (χ4v) is 3.84. The van der Waals surface area contributed by atoms with Crippen LogP contribution in [0.1, 0.15) is 12.0 Å². The van der Waals surface area contributed by atoms with E-state index in [1.165, 1.54) is 18.0 Å². The molecule has 5 nitrogen and oxygen atoms in total. The number of amides is 2. The van der Waals surface area contributed by atoms with Gasteiger partial charge in [0.05, 0.1) is 16.3 Å². The van der Waals surface area contributed by atoms with E-state index in [0.29, 0.717) is 5.69 Å². The van der Waals surface area contributed by atoms with Crippen LogP contribution in [-0.4, -0.2) is 34.2 Å². The molecule has 1 fully saturated rings. The topological polar surface area (TPSA) is 61.8 Å². The van der Waals surface area contributed by atoms with E-state index < -0.39 is 22.0 Å². The van der Waals surface area contributed by atoms with Crippen LogP contribution in [0.2, 0.25) is 5.02 Å². The molecule has 0 aromatic heterocycles. The number of benzene rings is 2. The fraction of sp³-hybridized carbons (Fsp3) is 0.211. The van der Waals surface area contributed by atoms with Crippen LogP contribution >= 0.6 is 23.4 Å². The molecule has 0 radical (unpaired) electrons. The SMILES string of the molecule is CN1C(=O)C[C@@H](C(=O)Nc2ccccc2)SC1=Nc1ccc(Cl)c(C(F)(F)F)c1. The second kappa shape index (κ2) is 8.46. The van der Waals surface area contributed by atoms with E-state index in [0.717, 1.165) is 23.9 Å². The monoisotopic (exact) mass is 441 g/mol. The Bertz CT molecular complexity index is 967. The third-order valence-corrected chi connectivity index (χ3v) is 5.65. The summed E-state index contributed by atoms with van der Waals surface area (Å²) in [6.07, 6.45) is -4.68. The summed E-state index contributed by atoms with van der Waals surface area (Å²) in [6.45, 7) is 0. The fourth-order valence-electron chi connectivity index (χ4n) is 2.55. The Morgan fingerprint density at radius 3 is 2.59 bits per heavy atom. The summed E-state index contributed by atoms with van der Waals surface area (Å²) < 4.78 is 39.2. The highest BCUT2D eigenvalue weighted by Gasteiger charge is 2.35. The molecule has 29 heavy (non-hydrogen) atoms. The lowest BCUT2D eigenvalue weighted by atomic mass is 10.2. The number of anilines is 1. The Kier molecular flexibility index (Phi) is 6.18. The molecule has 2 amide bonds. The molecule has 1 heterocycles. The molecule has 0 unspecified atom stereocenters. The molecule has 1 atom stereocenters. The van der Waals surface area contributed by atoms with Crippen molar-refractivity contribution < 1.29 is 22.8 Å². The van der Waals surface area contributed by atoms with Gasteiger partial charge in [0.1, 0.15) is 5.25 Å². The number of carbonyl (C=O) groups is 2. The summed E-state index contributed by atoms with van der Waals surface area (Å²) in [6, 6.07) is 12.0. The van der Waals surface area contributed by atoms with Crippen LogP contribution in [0.25, 0.3) is 0 Å². The molecule has 1 aliphatic heterocycles. The summed E-state index contributed by atoms with van der Waals surface area (Å²) in [5, 5.41) is 1.65. The maximum atomic E-state index is 13.1. The van der Waals surface area contributed by atoms with Crippen molar-refractivity contribution in [2.75, 3.05) is 12.4 Å². The normalized spacial score (nSPS) is 18.8. The van der Waals surface area contributed by atoms with Gasteiger partial charge in [-0.05, 0) is 30.3 Å². The molecule has 10 heteroatoms. The molecule has 0 saturated carbocycles. The summed E-state index contributed by atoms with van der Waals surface area (Å²) >= 11 is 6.64. The van der Waals surface area contributed by atoms with E-state index in [9.17, 15) is 22.8 Å². The van der Waals surface area contributed by atoms with Crippen LogP contribution < -0.4 is 5.32 Å². The summed E-state index contributed by atoms with van der Waals surface area (Å²) in [5.41, 5.74) is -0.461. The average Bonchev–Trinajstić information content (AvgIpc) is 2.66. The maximum absolute atomic E-state index is 13.1. The number of aliphatic imine (C=N–C) groups is 1. The zero-order chi connectivity index (χ0) is 21.2. The van der Waals surface area contributed by atoms with Crippen molar-refractivity contribution in [2.24, 2.45) is 4.99 Å². The van der Waals surface area contributed by atoms with Crippen molar-refractivity contribution in [2.45, 2.75) is 17.8 Å². The number of nitrogens with zero attached hydrogens (tertiary/aromatic N) is 2. The van der Waals surface area contributed by atoms with E-state index >= 15 is 0 Å². The van der Waals surface area contributed by atoms with Gasteiger partial charge in [-0.2, -0.15) is 13.2 Å². The number of halogens is 4. The first-order chi connectivity index (χ1) is 13.6. The van der Waals surface area contributed by atoms with E-state index in [2.05, 4.69) is 10.3 Å². The zero-order valence-electron chi connectivity index (χ0n) is 15.0. The number of carbonyl (C=O) groups excluding carboxylic acids is 2. The van der Waals surface area contributed by atoms with Crippen LogP contribution in [0.4, 0.5) is 24.5 Å². The largest absolute Gasteiger partial charge is 0.417 e. The Morgan fingerprint density at radius 2 is 1.93 bits per heavy atom. The number of alkyl halides is 3. The third-order valence-electron chi connectivity index (χ3n) is 4.08. The quantitative estimate of drug-likeness (QED) is 0.733. The van der Waals surface area contributed by atoms with Crippen molar-refractivity contribution >= 4 is 51.7 Å². The molecule has 2 aromatic carbocycles. The number of para-hydroxylation sites is 1. The lowest BCUT2D eigenvalue weighted by molar-refractivity contribution is -0.137. The number of amidine groups is 1. The van der Waals surface area contributed by atoms with Crippen molar-refractivity contribution in [3.8, 4) is 0 Å². The van der Waals surface area contributed by atoms with Crippen LogP contribution in [0.3, 0.4) is 0 Å². The Labute approximate surface area is 173 Å². The molecular weight excluding hydrogens is 427 g/mol. The van der Waals surface area contributed by atoms with Crippen molar-refractivity contribution in [3.05, 3.63) is 59.1 Å². The average molecular weight is 442 g/mol. The molecule has 3 rings (SSSR count). The predicted octanol–water partition coefficient (Wildman–Crippen LogP) is 4.95. The number of hydrogen-bond acceptors (Lipinski definition) is 4. The van der Waals surface area contributed by atoms with Crippen molar-refractivity contribution in [1.82, 2.24) is 4.90 Å². The Morgan fingerprint density at radius 1 is 1.24 bits per heavy atom. The highest BCUT2D eigenvalue weighted by molar-refractivity contribution is 8.15. The number of nitrogens with one attached hydrogen (secondary N) is 1. The number of rotatable bonds is 3. The van der Waals surface area contributed by atoms with E-state index in [4.69, 9.17) is 11.6 Å². The molecule has 1 aliphatic rings. The summed E-state index contributed by atoms with van der Waals surface area (Å²) in [4.78, 5) is 30.2. The maximum Gasteiger partial charge on any atom is 0.417 e. The van der Waals surface area contributed by atoms with E-state index in [1.807, 2.05) is 0 Å². The lowest BCUT2D eigenvalue weighted by Crippen LogP contribution is -2.43. The minimum Gasteiger partial charge on any atom is -0.325 e. The Balaban J connectivity index is 1.85. The van der Waals surface area contributed by atoms with Gasteiger partial charge in [-0.3, -0.25) is 14.5 Å². The number of thioether (sulfide) groups is 1. The molecule has 0 bridgehead atoms. The van der Waals surface area contributed by atoms with Crippen LogP contribution in [-0.2, 0) is 15.8 Å². The van der Waals surface area contributed by atoms with Gasteiger partial charge in [0.25, 0.3) is 0 Å². The van der Waals surface area contributed by atoms with Gasteiger partial charge in [0.2, 0.25) is 11.8 Å². The lowest BCUT2D eigenvalue weighted by Gasteiger charge is -2.28. The molecule has 1 N–H and O–H groups in total. The minimum absolute atomic E-state index is 0.0204. The Hall–Kier alpha value is -2.52. The van der Waals surface area contributed by atoms with Crippen molar-refractivity contribution in [1.29, 1.82) is 0 Å². The second-order valence-electron chi connectivity index (χ2n) is 6.17. The first kappa shape index (κ1) is 21.2. The van der Waals surface area contributed by atoms with Gasteiger partial charge in [0, 0.05) is 19.2 Å². The highest BCUT2D eigenvalue weighted by atomic mass is 35.5. The molecule has 1 saturated heterocycles. The summed E-state index contributed by atoms with van der Waals surface area (Å²) in [5.74, 6) is -0.747. The molecule has 152 valence electrons. The number of hydrogen-bond donors (Lipinski definition) is 1. The van der Waals surface area contributed by atoms with E-state index in [1.54, 1.807) is 30.3 Å². The zero-order valence-corrected chi connectivity index (χ0v) is 16.6. The van der Waals surface area contributed by atoms with Crippen LogP contribution in [0, 0.1) is 0 Å². The van der Waals surface area contributed by atoms with Crippen LogP contribution in [0.15, 0.2) is 53.5 Å². The van der Waals surface area contributed by atoms with Gasteiger partial charge < -0.3 is 5.32 Å². The van der Waals surface area contributed by atoms with Gasteiger partial charge in [0.15, 0.2) is 5.17 Å². The highest BCUT2D eigenvalue weighted by Crippen LogP contribution is 2.37. The minimum atomic E-state index is -4.63. The van der Waals surface area contributed by atoms with Gasteiger partial charge in [-0.15, -0.1) is 0 Å². The predicted molar refractivity (Wildman–Crippen MR) is 107 cm³/mol. The molecular formula is C19H15ClF3N3O2S. The molecule has 0 spiro atoms. The van der Waals surface area contributed by atoms with Gasteiger partial charge in [-0.25, -0.2) is 4.99 Å². The van der Waals surface area contributed by atoms with Crippen LogP contribution in [0.5, 0.6) is 0 Å². The smallest absolute Gasteiger partial charge is 0.325 e. The first-order valence-corrected chi connectivity index (χ1v) is 9.65.